The third-order valence-electron chi connectivity index (χ3n) is 4.10. The van der Waals surface area contributed by atoms with Crippen LogP contribution < -0.4 is 9.47 Å². The van der Waals surface area contributed by atoms with Crippen molar-refractivity contribution in [1.29, 1.82) is 0 Å². The Morgan fingerprint density at radius 3 is 2.04 bits per heavy atom. The van der Waals surface area contributed by atoms with E-state index in [9.17, 15) is 4.79 Å². The van der Waals surface area contributed by atoms with Crippen molar-refractivity contribution >= 4 is 5.97 Å². The number of carbonyl (C=O) groups is 1. The van der Waals surface area contributed by atoms with Crippen LogP contribution >= 0.6 is 0 Å². The van der Waals surface area contributed by atoms with Crippen LogP contribution in [0.5, 0.6) is 11.5 Å². The quantitative estimate of drug-likeness (QED) is 0.430. The SMILES string of the molecule is CC(C)c1ccc(C(=O)Oc2ccc(OCc3ccccc3)cc2)cc1. The van der Waals surface area contributed by atoms with Crippen molar-refractivity contribution in [3.63, 3.8) is 0 Å². The van der Waals surface area contributed by atoms with Crippen molar-refractivity contribution < 1.29 is 14.3 Å². The highest BCUT2D eigenvalue weighted by Gasteiger charge is 2.09. The van der Waals surface area contributed by atoms with Crippen molar-refractivity contribution in [3.05, 3.63) is 95.6 Å². The van der Waals surface area contributed by atoms with E-state index in [0.29, 0.717) is 23.8 Å². The lowest BCUT2D eigenvalue weighted by atomic mass is 10.0. The van der Waals surface area contributed by atoms with Crippen LogP contribution in [0.2, 0.25) is 0 Å². The number of rotatable bonds is 6. The van der Waals surface area contributed by atoms with E-state index in [2.05, 4.69) is 13.8 Å². The van der Waals surface area contributed by atoms with Gasteiger partial charge in [-0.1, -0.05) is 56.3 Å². The van der Waals surface area contributed by atoms with Gasteiger partial charge in [-0.15, -0.1) is 0 Å². The van der Waals surface area contributed by atoms with E-state index in [-0.39, 0.29) is 5.97 Å². The number of hydrogen-bond donors (Lipinski definition) is 0. The molecule has 0 aliphatic heterocycles. The van der Waals surface area contributed by atoms with Crippen LogP contribution in [0.4, 0.5) is 0 Å². The van der Waals surface area contributed by atoms with Gasteiger partial charge >= 0.3 is 5.97 Å². The minimum atomic E-state index is -0.363. The lowest BCUT2D eigenvalue weighted by Crippen LogP contribution is -2.08. The fourth-order valence-corrected chi connectivity index (χ4v) is 2.51. The zero-order chi connectivity index (χ0) is 18.4. The lowest BCUT2D eigenvalue weighted by Gasteiger charge is -2.09. The average Bonchev–Trinajstić information content (AvgIpc) is 2.68. The molecule has 3 heteroatoms. The Morgan fingerprint density at radius 2 is 1.42 bits per heavy atom. The third kappa shape index (κ3) is 4.73. The topological polar surface area (TPSA) is 35.5 Å². The van der Waals surface area contributed by atoms with Gasteiger partial charge in [0.2, 0.25) is 0 Å². The third-order valence-corrected chi connectivity index (χ3v) is 4.10. The zero-order valence-electron chi connectivity index (χ0n) is 15.0. The first-order valence-corrected chi connectivity index (χ1v) is 8.71. The van der Waals surface area contributed by atoms with Crippen LogP contribution in [0.25, 0.3) is 0 Å². The molecule has 0 aromatic heterocycles. The summed E-state index contributed by atoms with van der Waals surface area (Å²) in [6.07, 6.45) is 0. The molecule has 0 amide bonds. The predicted molar refractivity (Wildman–Crippen MR) is 103 cm³/mol. The van der Waals surface area contributed by atoms with Crippen LogP contribution in [0.3, 0.4) is 0 Å². The highest BCUT2D eigenvalue weighted by Crippen LogP contribution is 2.20. The average molecular weight is 346 g/mol. The summed E-state index contributed by atoms with van der Waals surface area (Å²) in [5.74, 6) is 1.30. The maximum Gasteiger partial charge on any atom is 0.343 e. The summed E-state index contributed by atoms with van der Waals surface area (Å²) in [6, 6.07) is 24.6. The number of benzene rings is 3. The molecular formula is C23H22O3. The summed E-state index contributed by atoms with van der Waals surface area (Å²) < 4.78 is 11.2. The normalized spacial score (nSPS) is 10.6. The van der Waals surface area contributed by atoms with Crippen molar-refractivity contribution in [3.8, 4) is 11.5 Å². The fourth-order valence-electron chi connectivity index (χ4n) is 2.51. The number of hydrogen-bond acceptors (Lipinski definition) is 3. The van der Waals surface area contributed by atoms with Crippen molar-refractivity contribution in [2.75, 3.05) is 0 Å². The van der Waals surface area contributed by atoms with Gasteiger partial charge in [0.15, 0.2) is 0 Å². The molecule has 3 nitrogen and oxygen atoms in total. The van der Waals surface area contributed by atoms with Crippen LogP contribution in [-0.2, 0) is 6.61 Å². The molecule has 0 saturated carbocycles. The van der Waals surface area contributed by atoms with Gasteiger partial charge in [-0.3, -0.25) is 0 Å². The number of carbonyl (C=O) groups excluding carboxylic acids is 1. The van der Waals surface area contributed by atoms with Crippen molar-refractivity contribution in [2.45, 2.75) is 26.4 Å². The molecule has 0 heterocycles. The van der Waals surface area contributed by atoms with E-state index in [1.807, 2.05) is 42.5 Å². The molecule has 3 aromatic rings. The van der Waals surface area contributed by atoms with Gasteiger partial charge < -0.3 is 9.47 Å². The molecule has 0 unspecified atom stereocenters. The molecule has 0 bridgehead atoms. The molecule has 0 radical (unpaired) electrons. The van der Waals surface area contributed by atoms with Crippen molar-refractivity contribution in [1.82, 2.24) is 0 Å². The second-order valence-corrected chi connectivity index (χ2v) is 6.41. The summed E-state index contributed by atoms with van der Waals surface area (Å²) in [7, 11) is 0. The molecule has 0 atom stereocenters. The first-order valence-electron chi connectivity index (χ1n) is 8.71. The Kier molecular flexibility index (Phi) is 5.69. The largest absolute Gasteiger partial charge is 0.489 e. The first-order chi connectivity index (χ1) is 12.6. The maximum atomic E-state index is 12.2. The molecular weight excluding hydrogens is 324 g/mol. The van der Waals surface area contributed by atoms with Gasteiger partial charge in [0, 0.05) is 0 Å². The minimum absolute atomic E-state index is 0.363. The summed E-state index contributed by atoms with van der Waals surface area (Å²) in [6.45, 7) is 4.74. The van der Waals surface area contributed by atoms with E-state index >= 15 is 0 Å². The van der Waals surface area contributed by atoms with Gasteiger partial charge in [0.05, 0.1) is 5.56 Å². The Balaban J connectivity index is 1.57. The van der Waals surface area contributed by atoms with Gasteiger partial charge in [-0.2, -0.15) is 0 Å². The maximum absolute atomic E-state index is 12.2. The highest BCUT2D eigenvalue weighted by atomic mass is 16.5. The van der Waals surface area contributed by atoms with E-state index < -0.39 is 0 Å². The Morgan fingerprint density at radius 1 is 0.808 bits per heavy atom. The molecule has 0 aliphatic carbocycles. The molecule has 0 spiro atoms. The van der Waals surface area contributed by atoms with E-state index in [4.69, 9.17) is 9.47 Å². The van der Waals surface area contributed by atoms with Gasteiger partial charge in [0.1, 0.15) is 18.1 Å². The summed E-state index contributed by atoms with van der Waals surface area (Å²) in [5.41, 5.74) is 2.84. The molecule has 0 aliphatic rings. The van der Waals surface area contributed by atoms with Gasteiger partial charge in [-0.05, 0) is 53.4 Å². The molecule has 0 fully saturated rings. The van der Waals surface area contributed by atoms with E-state index in [1.165, 1.54) is 5.56 Å². The summed E-state index contributed by atoms with van der Waals surface area (Å²) in [4.78, 5) is 12.2. The zero-order valence-corrected chi connectivity index (χ0v) is 15.0. The van der Waals surface area contributed by atoms with Crippen LogP contribution in [0.15, 0.2) is 78.9 Å². The summed E-state index contributed by atoms with van der Waals surface area (Å²) in [5, 5.41) is 0. The van der Waals surface area contributed by atoms with Crippen LogP contribution in [-0.4, -0.2) is 5.97 Å². The highest BCUT2D eigenvalue weighted by molar-refractivity contribution is 5.91. The molecule has 3 rings (SSSR count). The number of esters is 1. The van der Waals surface area contributed by atoms with Gasteiger partial charge in [-0.25, -0.2) is 4.79 Å². The minimum Gasteiger partial charge on any atom is -0.489 e. The second kappa shape index (κ2) is 8.34. The number of ether oxygens (including phenoxy) is 2. The molecule has 132 valence electrons. The van der Waals surface area contributed by atoms with Crippen molar-refractivity contribution in [2.24, 2.45) is 0 Å². The Hall–Kier alpha value is -3.07. The smallest absolute Gasteiger partial charge is 0.343 e. The van der Waals surface area contributed by atoms with Crippen LogP contribution in [0.1, 0.15) is 41.3 Å². The monoisotopic (exact) mass is 346 g/mol. The van der Waals surface area contributed by atoms with Crippen LogP contribution in [0, 0.1) is 0 Å². The molecule has 0 saturated heterocycles. The standard InChI is InChI=1S/C23H22O3/c1-17(2)19-8-10-20(11-9-19)23(24)26-22-14-12-21(13-15-22)25-16-18-6-4-3-5-7-18/h3-15,17H,16H2,1-2H3. The Labute approximate surface area is 154 Å². The first kappa shape index (κ1) is 17.7. The molecule has 0 N–H and O–H groups in total. The molecule has 26 heavy (non-hydrogen) atoms. The second-order valence-electron chi connectivity index (χ2n) is 6.41. The Bertz CT molecular complexity index is 835. The lowest BCUT2D eigenvalue weighted by molar-refractivity contribution is 0.0734. The fraction of sp³-hybridized carbons (Fsp3) is 0.174. The van der Waals surface area contributed by atoms with E-state index in [1.54, 1.807) is 36.4 Å². The van der Waals surface area contributed by atoms with E-state index in [0.717, 1.165) is 11.3 Å². The summed E-state index contributed by atoms with van der Waals surface area (Å²) >= 11 is 0. The molecule has 3 aromatic carbocycles. The van der Waals surface area contributed by atoms with Gasteiger partial charge in [0.25, 0.3) is 0 Å². The predicted octanol–water partition coefficient (Wildman–Crippen LogP) is 5.61.